The lowest BCUT2D eigenvalue weighted by molar-refractivity contribution is 0.0936. The Hall–Kier alpha value is -3.48. The van der Waals surface area contributed by atoms with Crippen molar-refractivity contribution in [3.05, 3.63) is 76.9 Å². The predicted octanol–water partition coefficient (Wildman–Crippen LogP) is 2.95. The van der Waals surface area contributed by atoms with Crippen LogP contribution in [0.4, 0.5) is 0 Å². The minimum absolute atomic E-state index is 0.00566. The monoisotopic (exact) mass is 391 g/mol. The molecule has 150 valence electrons. The van der Waals surface area contributed by atoms with E-state index in [2.05, 4.69) is 20.7 Å². The Labute approximate surface area is 170 Å². The fourth-order valence-corrected chi connectivity index (χ4v) is 3.03. The Morgan fingerprint density at radius 1 is 0.966 bits per heavy atom. The van der Waals surface area contributed by atoms with E-state index in [1.807, 2.05) is 62.7 Å². The molecule has 0 aliphatic carbocycles. The molecule has 0 atom stereocenters. The SMILES string of the molecule is Cc1nn(-c2ccccc2)c(C)c1CNC(=O)c1cccc(C(=O)NC(C)C)n1. The molecule has 3 aromatic rings. The van der Waals surface area contributed by atoms with Crippen molar-refractivity contribution in [2.45, 2.75) is 40.3 Å². The van der Waals surface area contributed by atoms with E-state index < -0.39 is 0 Å². The molecule has 0 spiro atoms. The van der Waals surface area contributed by atoms with Crippen molar-refractivity contribution in [3.63, 3.8) is 0 Å². The van der Waals surface area contributed by atoms with Crippen LogP contribution in [-0.2, 0) is 6.54 Å². The summed E-state index contributed by atoms with van der Waals surface area (Å²) in [6.45, 7) is 7.96. The number of nitrogens with one attached hydrogen (secondary N) is 2. The second kappa shape index (κ2) is 8.68. The first-order valence-electron chi connectivity index (χ1n) is 9.53. The van der Waals surface area contributed by atoms with E-state index in [0.717, 1.165) is 22.6 Å². The summed E-state index contributed by atoms with van der Waals surface area (Å²) in [6, 6.07) is 14.7. The highest BCUT2D eigenvalue weighted by Crippen LogP contribution is 2.17. The maximum absolute atomic E-state index is 12.6. The number of pyridine rings is 1. The molecule has 1 aromatic carbocycles. The second-order valence-electron chi connectivity index (χ2n) is 7.12. The lowest BCUT2D eigenvalue weighted by Gasteiger charge is -2.09. The van der Waals surface area contributed by atoms with Crippen LogP contribution < -0.4 is 10.6 Å². The number of carbonyl (C=O) groups is 2. The van der Waals surface area contributed by atoms with Crippen LogP contribution in [0.3, 0.4) is 0 Å². The van der Waals surface area contributed by atoms with E-state index >= 15 is 0 Å². The van der Waals surface area contributed by atoms with E-state index in [1.165, 1.54) is 0 Å². The van der Waals surface area contributed by atoms with Gasteiger partial charge in [-0.25, -0.2) is 9.67 Å². The molecule has 0 saturated carbocycles. The summed E-state index contributed by atoms with van der Waals surface area (Å²) < 4.78 is 1.87. The average molecular weight is 391 g/mol. The van der Waals surface area contributed by atoms with Gasteiger partial charge in [0.05, 0.1) is 11.4 Å². The molecule has 3 rings (SSSR count). The summed E-state index contributed by atoms with van der Waals surface area (Å²) in [7, 11) is 0. The van der Waals surface area contributed by atoms with Gasteiger partial charge in [0, 0.05) is 23.8 Å². The number of hydrogen-bond acceptors (Lipinski definition) is 4. The average Bonchev–Trinajstić information content (AvgIpc) is 3.00. The Morgan fingerprint density at radius 3 is 2.28 bits per heavy atom. The summed E-state index contributed by atoms with van der Waals surface area (Å²) >= 11 is 0. The molecule has 0 saturated heterocycles. The van der Waals surface area contributed by atoms with Crippen molar-refractivity contribution >= 4 is 11.8 Å². The Balaban J connectivity index is 1.73. The molecule has 2 aromatic heterocycles. The number of aryl methyl sites for hydroxylation is 1. The quantitative estimate of drug-likeness (QED) is 0.676. The number of para-hydroxylation sites is 1. The van der Waals surface area contributed by atoms with Gasteiger partial charge in [-0.3, -0.25) is 9.59 Å². The molecule has 0 fully saturated rings. The third kappa shape index (κ3) is 4.68. The summed E-state index contributed by atoms with van der Waals surface area (Å²) in [6.07, 6.45) is 0. The lowest BCUT2D eigenvalue weighted by Crippen LogP contribution is -2.31. The highest BCUT2D eigenvalue weighted by Gasteiger charge is 2.16. The van der Waals surface area contributed by atoms with Gasteiger partial charge in [0.25, 0.3) is 11.8 Å². The first-order chi connectivity index (χ1) is 13.9. The Morgan fingerprint density at radius 2 is 1.62 bits per heavy atom. The molecule has 0 aliphatic heterocycles. The topological polar surface area (TPSA) is 88.9 Å². The van der Waals surface area contributed by atoms with E-state index in [0.29, 0.717) is 6.54 Å². The minimum Gasteiger partial charge on any atom is -0.349 e. The van der Waals surface area contributed by atoms with Gasteiger partial charge in [-0.05, 0) is 52.0 Å². The Bertz CT molecular complexity index is 1020. The van der Waals surface area contributed by atoms with Crippen molar-refractivity contribution in [2.75, 3.05) is 0 Å². The highest BCUT2D eigenvalue weighted by atomic mass is 16.2. The van der Waals surface area contributed by atoms with Gasteiger partial charge in [-0.15, -0.1) is 0 Å². The molecule has 29 heavy (non-hydrogen) atoms. The number of amides is 2. The van der Waals surface area contributed by atoms with Crippen LogP contribution in [0.2, 0.25) is 0 Å². The minimum atomic E-state index is -0.338. The fourth-order valence-electron chi connectivity index (χ4n) is 3.03. The molecule has 2 amide bonds. The number of nitrogens with zero attached hydrogens (tertiary/aromatic N) is 3. The van der Waals surface area contributed by atoms with Crippen LogP contribution in [0.1, 0.15) is 51.8 Å². The van der Waals surface area contributed by atoms with Crippen LogP contribution in [0, 0.1) is 13.8 Å². The third-order valence-corrected chi connectivity index (χ3v) is 4.50. The van der Waals surface area contributed by atoms with Crippen molar-refractivity contribution in [2.24, 2.45) is 0 Å². The van der Waals surface area contributed by atoms with Crippen LogP contribution in [0.15, 0.2) is 48.5 Å². The zero-order valence-electron chi connectivity index (χ0n) is 17.1. The number of aromatic nitrogens is 3. The number of hydrogen-bond donors (Lipinski definition) is 2. The van der Waals surface area contributed by atoms with Crippen molar-refractivity contribution in [1.29, 1.82) is 0 Å². The Kier molecular flexibility index (Phi) is 6.07. The molecule has 7 heteroatoms. The van der Waals surface area contributed by atoms with Gasteiger partial charge in [-0.1, -0.05) is 24.3 Å². The van der Waals surface area contributed by atoms with Gasteiger partial charge in [0.2, 0.25) is 0 Å². The van der Waals surface area contributed by atoms with Crippen molar-refractivity contribution in [1.82, 2.24) is 25.4 Å². The van der Waals surface area contributed by atoms with Crippen molar-refractivity contribution in [3.8, 4) is 5.69 Å². The molecule has 0 radical (unpaired) electrons. The van der Waals surface area contributed by atoms with Crippen LogP contribution in [0.5, 0.6) is 0 Å². The van der Waals surface area contributed by atoms with Gasteiger partial charge in [0.15, 0.2) is 0 Å². The molecular formula is C22H25N5O2. The van der Waals surface area contributed by atoms with E-state index in [1.54, 1.807) is 18.2 Å². The molecule has 0 aliphatic rings. The number of benzene rings is 1. The van der Waals surface area contributed by atoms with Gasteiger partial charge in [0.1, 0.15) is 11.4 Å². The summed E-state index contributed by atoms with van der Waals surface area (Å²) in [5, 5.41) is 10.2. The molecule has 7 nitrogen and oxygen atoms in total. The van der Waals surface area contributed by atoms with Gasteiger partial charge >= 0.3 is 0 Å². The van der Waals surface area contributed by atoms with E-state index in [9.17, 15) is 9.59 Å². The molecule has 0 bridgehead atoms. The zero-order chi connectivity index (χ0) is 21.0. The van der Waals surface area contributed by atoms with Crippen molar-refractivity contribution < 1.29 is 9.59 Å². The first kappa shape index (κ1) is 20.3. The fraction of sp³-hybridized carbons (Fsp3) is 0.273. The molecule has 2 heterocycles. The van der Waals surface area contributed by atoms with Crippen LogP contribution in [-0.4, -0.2) is 32.6 Å². The molecule has 2 N–H and O–H groups in total. The van der Waals surface area contributed by atoms with Gasteiger partial charge < -0.3 is 10.6 Å². The van der Waals surface area contributed by atoms with E-state index in [-0.39, 0.29) is 29.2 Å². The van der Waals surface area contributed by atoms with Gasteiger partial charge in [-0.2, -0.15) is 5.10 Å². The smallest absolute Gasteiger partial charge is 0.270 e. The molecule has 0 unspecified atom stereocenters. The maximum Gasteiger partial charge on any atom is 0.270 e. The zero-order valence-corrected chi connectivity index (χ0v) is 17.1. The third-order valence-electron chi connectivity index (χ3n) is 4.50. The summed E-state index contributed by atoms with van der Waals surface area (Å²) in [5.74, 6) is -0.638. The predicted molar refractivity (Wildman–Crippen MR) is 111 cm³/mol. The normalized spacial score (nSPS) is 10.8. The number of rotatable bonds is 6. The summed E-state index contributed by atoms with van der Waals surface area (Å²) in [5.41, 5.74) is 4.16. The maximum atomic E-state index is 12.6. The standard InChI is InChI=1S/C22H25N5O2/c1-14(2)24-22(29)20-12-8-11-19(25-20)21(28)23-13-18-15(3)26-27(16(18)4)17-9-6-5-7-10-17/h5-12,14H,13H2,1-4H3,(H,23,28)(H,24,29). The van der Waals surface area contributed by atoms with E-state index in [4.69, 9.17) is 0 Å². The van der Waals surface area contributed by atoms with Crippen LogP contribution in [0.25, 0.3) is 5.69 Å². The van der Waals surface area contributed by atoms with Crippen LogP contribution >= 0.6 is 0 Å². The second-order valence-corrected chi connectivity index (χ2v) is 7.12. The lowest BCUT2D eigenvalue weighted by atomic mass is 10.2. The largest absolute Gasteiger partial charge is 0.349 e. The molecular weight excluding hydrogens is 366 g/mol. The summed E-state index contributed by atoms with van der Waals surface area (Å²) in [4.78, 5) is 28.9. The first-order valence-corrected chi connectivity index (χ1v) is 9.53. The number of carbonyl (C=O) groups excluding carboxylic acids is 2. The highest BCUT2D eigenvalue weighted by molar-refractivity contribution is 5.96.